The Morgan fingerprint density at radius 1 is 1.58 bits per heavy atom. The number of aromatic nitrogens is 1. The van der Waals surface area contributed by atoms with E-state index in [1.54, 1.807) is 12.3 Å². The Morgan fingerprint density at radius 2 is 2.38 bits per heavy atom. The van der Waals surface area contributed by atoms with Crippen molar-refractivity contribution in [2.75, 3.05) is 19.4 Å². The number of anilines is 1. The van der Waals surface area contributed by atoms with Crippen LogP contribution in [0.2, 0.25) is 5.15 Å². The third kappa shape index (κ3) is 3.85. The van der Waals surface area contributed by atoms with Gasteiger partial charge in [-0.25, -0.2) is 4.98 Å². The second-order valence-electron chi connectivity index (χ2n) is 5.94. The van der Waals surface area contributed by atoms with Crippen molar-refractivity contribution >= 4 is 44.7 Å². The number of nitrogens with zero attached hydrogens (tertiary/aromatic N) is 2. The molecule has 8 heteroatoms. The van der Waals surface area contributed by atoms with Gasteiger partial charge in [-0.15, -0.1) is 11.3 Å². The molecule has 3 N–H and O–H groups in total. The number of pyridine rings is 1. The van der Waals surface area contributed by atoms with Crippen LogP contribution in [0.4, 0.5) is 5.69 Å². The van der Waals surface area contributed by atoms with Gasteiger partial charge in [0.1, 0.15) is 10.9 Å². The molecular weight excluding hydrogens is 372 g/mol. The van der Waals surface area contributed by atoms with Gasteiger partial charge in [0.25, 0.3) is 0 Å². The zero-order chi connectivity index (χ0) is 20.3. The summed E-state index contributed by atoms with van der Waals surface area (Å²) in [6.45, 7) is 2.44. The average Bonchev–Trinajstić information content (AvgIpc) is 3.30. The first-order valence-corrected chi connectivity index (χ1v) is 9.11. The van der Waals surface area contributed by atoms with E-state index in [0.29, 0.717) is 18.1 Å². The van der Waals surface area contributed by atoms with Gasteiger partial charge in [-0.3, -0.25) is 4.79 Å². The first kappa shape index (κ1) is 16.1. The van der Waals surface area contributed by atoms with Gasteiger partial charge >= 0.3 is 0 Å². The van der Waals surface area contributed by atoms with Crippen LogP contribution in [0.15, 0.2) is 28.9 Å². The standard InChI is InChI=1S/C18H21ClN4O2S/c1-10-14(7-12(20)18(24)23(2)3)26-17-13(8-15(19)22-16(10)17)21-9-11-5-4-6-25-11/h4-6,8,12H,7,9,20H2,1-3H3,(H,21,22)/t12-/m0/s1/i2D,3D. The predicted octanol–water partition coefficient (Wildman–Crippen LogP) is 3.42. The van der Waals surface area contributed by atoms with Crippen molar-refractivity contribution in [2.45, 2.75) is 25.9 Å². The van der Waals surface area contributed by atoms with E-state index >= 15 is 0 Å². The maximum atomic E-state index is 12.3. The van der Waals surface area contributed by atoms with Crippen molar-refractivity contribution in [3.05, 3.63) is 45.8 Å². The molecule has 0 spiro atoms. The van der Waals surface area contributed by atoms with Crippen molar-refractivity contribution in [3.63, 3.8) is 0 Å². The number of rotatable bonds is 6. The molecule has 0 fully saturated rings. The van der Waals surface area contributed by atoms with E-state index < -0.39 is 11.9 Å². The molecule has 1 amide bonds. The van der Waals surface area contributed by atoms with Crippen molar-refractivity contribution in [2.24, 2.45) is 5.73 Å². The molecule has 26 heavy (non-hydrogen) atoms. The summed E-state index contributed by atoms with van der Waals surface area (Å²) in [7, 11) is -0.557. The molecule has 0 saturated carbocycles. The predicted molar refractivity (Wildman–Crippen MR) is 106 cm³/mol. The molecule has 0 aromatic carbocycles. The Morgan fingerprint density at radius 3 is 3.08 bits per heavy atom. The molecule has 0 radical (unpaired) electrons. The van der Waals surface area contributed by atoms with Crippen LogP contribution in [0.25, 0.3) is 10.2 Å². The number of hydrogen-bond donors (Lipinski definition) is 2. The van der Waals surface area contributed by atoms with Crippen molar-refractivity contribution in [1.29, 1.82) is 0 Å². The number of hydrogen-bond acceptors (Lipinski definition) is 6. The van der Waals surface area contributed by atoms with Crippen LogP contribution in [0.3, 0.4) is 0 Å². The summed E-state index contributed by atoms with van der Waals surface area (Å²) in [5.41, 5.74) is 8.59. The summed E-state index contributed by atoms with van der Waals surface area (Å²) >= 11 is 7.71. The van der Waals surface area contributed by atoms with Gasteiger partial charge < -0.3 is 20.4 Å². The highest BCUT2D eigenvalue weighted by Gasteiger charge is 2.21. The fraction of sp³-hybridized carbons (Fsp3) is 0.333. The number of likely N-dealkylation sites (N-methyl/N-ethyl adjacent to an activating group) is 1. The van der Waals surface area contributed by atoms with Crippen LogP contribution in [0, 0.1) is 6.92 Å². The quantitative estimate of drug-likeness (QED) is 0.626. The minimum absolute atomic E-state index is 0.278. The lowest BCUT2D eigenvalue weighted by atomic mass is 10.1. The molecule has 0 unspecified atom stereocenters. The normalized spacial score (nSPS) is 13.3. The van der Waals surface area contributed by atoms with E-state index in [1.807, 2.05) is 19.1 Å². The number of carbonyl (C=O) groups excluding carboxylic acids is 1. The number of amides is 1. The minimum atomic E-state index is -0.808. The fourth-order valence-electron chi connectivity index (χ4n) is 2.63. The molecule has 0 saturated heterocycles. The average molecular weight is 395 g/mol. The van der Waals surface area contributed by atoms with Crippen LogP contribution < -0.4 is 11.1 Å². The molecule has 0 aliphatic rings. The first-order chi connectivity index (χ1) is 13.4. The van der Waals surface area contributed by atoms with E-state index in [-0.39, 0.29) is 14.0 Å². The maximum Gasteiger partial charge on any atom is 0.239 e. The highest BCUT2D eigenvalue weighted by molar-refractivity contribution is 7.19. The molecule has 3 rings (SSSR count). The van der Waals surface area contributed by atoms with E-state index in [0.717, 1.165) is 37.0 Å². The smallest absolute Gasteiger partial charge is 0.239 e. The highest BCUT2D eigenvalue weighted by atomic mass is 35.5. The first-order valence-electron chi connectivity index (χ1n) is 9.33. The van der Waals surface area contributed by atoms with Gasteiger partial charge in [0.2, 0.25) is 5.91 Å². The van der Waals surface area contributed by atoms with Crippen LogP contribution in [0.1, 0.15) is 18.9 Å². The Bertz CT molecular complexity index is 960. The molecule has 3 aromatic heterocycles. The number of aryl methyl sites for hydroxylation is 1. The number of furan rings is 1. The minimum Gasteiger partial charge on any atom is -0.467 e. The molecule has 138 valence electrons. The number of thiophene rings is 1. The highest BCUT2D eigenvalue weighted by Crippen LogP contribution is 2.37. The van der Waals surface area contributed by atoms with Crippen LogP contribution in [0.5, 0.6) is 0 Å². The topological polar surface area (TPSA) is 84.4 Å². The van der Waals surface area contributed by atoms with Crippen LogP contribution in [-0.4, -0.2) is 35.9 Å². The van der Waals surface area contributed by atoms with E-state index in [9.17, 15) is 4.79 Å². The third-order valence-electron chi connectivity index (χ3n) is 4.01. The Kier molecular flexibility index (Phi) is 4.74. The number of halogens is 1. The van der Waals surface area contributed by atoms with Gasteiger partial charge in [-0.1, -0.05) is 11.6 Å². The van der Waals surface area contributed by atoms with Gasteiger partial charge in [0.15, 0.2) is 0 Å². The van der Waals surface area contributed by atoms with E-state index in [1.165, 1.54) is 11.3 Å². The second-order valence-corrected chi connectivity index (χ2v) is 7.43. The summed E-state index contributed by atoms with van der Waals surface area (Å²) in [6, 6.07) is 4.67. The molecular formula is C18H21ClN4O2S. The second kappa shape index (κ2) is 7.65. The summed E-state index contributed by atoms with van der Waals surface area (Å²) in [5.74, 6) is 0.400. The van der Waals surface area contributed by atoms with Crippen molar-refractivity contribution in [1.82, 2.24) is 9.88 Å². The van der Waals surface area contributed by atoms with Gasteiger partial charge in [0.05, 0.1) is 34.8 Å². The molecule has 3 heterocycles. The SMILES string of the molecule is [2H]CN(C[2H])C(=O)[C@@H](N)Cc1sc2c(NCc3ccco3)cc(Cl)nc2c1C. The van der Waals surface area contributed by atoms with Gasteiger partial charge in [-0.2, -0.15) is 0 Å². The summed E-state index contributed by atoms with van der Waals surface area (Å²) < 4.78 is 21.0. The lowest BCUT2D eigenvalue weighted by molar-refractivity contribution is -0.130. The van der Waals surface area contributed by atoms with Crippen LogP contribution in [-0.2, 0) is 17.8 Å². The monoisotopic (exact) mass is 394 g/mol. The lowest BCUT2D eigenvalue weighted by Crippen LogP contribution is -2.41. The van der Waals surface area contributed by atoms with E-state index in [4.69, 9.17) is 24.5 Å². The Balaban J connectivity index is 1.87. The molecule has 0 aliphatic heterocycles. The molecule has 3 aromatic rings. The summed E-state index contributed by atoms with van der Waals surface area (Å²) in [6.07, 6.45) is 1.94. The number of fused-ring (bicyclic) bond motifs is 1. The van der Waals surface area contributed by atoms with Crippen molar-refractivity contribution < 1.29 is 12.0 Å². The van der Waals surface area contributed by atoms with Crippen molar-refractivity contribution in [3.8, 4) is 0 Å². The fourth-order valence-corrected chi connectivity index (χ4v) is 4.12. The Labute approximate surface area is 163 Å². The third-order valence-corrected chi connectivity index (χ3v) is 5.54. The van der Waals surface area contributed by atoms with Gasteiger partial charge in [0, 0.05) is 34.2 Å². The maximum absolute atomic E-state index is 12.3. The zero-order valence-electron chi connectivity index (χ0n) is 16.3. The molecule has 6 nitrogen and oxygen atoms in total. The van der Waals surface area contributed by atoms with Gasteiger partial charge in [-0.05, 0) is 24.6 Å². The molecule has 1 atom stereocenters. The molecule has 0 aliphatic carbocycles. The lowest BCUT2D eigenvalue weighted by Gasteiger charge is -2.16. The zero-order valence-corrected chi connectivity index (χ0v) is 15.9. The molecule has 0 bridgehead atoms. The van der Waals surface area contributed by atoms with E-state index in [2.05, 4.69) is 10.3 Å². The summed E-state index contributed by atoms with van der Waals surface area (Å²) in [5, 5.41) is 3.69. The number of nitrogens with one attached hydrogen (secondary N) is 1. The Hall–Kier alpha value is -2.09. The number of carbonyl (C=O) groups is 1. The number of nitrogens with two attached hydrogens (primary N) is 1. The largest absolute Gasteiger partial charge is 0.467 e. The van der Waals surface area contributed by atoms with Crippen LogP contribution >= 0.6 is 22.9 Å². The summed E-state index contributed by atoms with van der Waals surface area (Å²) in [4.78, 5) is 18.8.